The summed E-state index contributed by atoms with van der Waals surface area (Å²) in [6.45, 7) is 0.532. The fourth-order valence-electron chi connectivity index (χ4n) is 3.78. The molecule has 3 fully saturated rings. The summed E-state index contributed by atoms with van der Waals surface area (Å²) in [5, 5.41) is 5.18. The third-order valence-electron chi connectivity index (χ3n) is 4.85. The molecule has 2 N–H and O–H groups in total. The first-order valence-electron chi connectivity index (χ1n) is 6.86. The molecule has 1 aromatic heterocycles. The van der Waals surface area contributed by atoms with E-state index in [1.807, 2.05) is 0 Å². The van der Waals surface area contributed by atoms with Crippen LogP contribution in [0.2, 0.25) is 5.02 Å². The number of fused-ring (bicyclic) bond motifs is 1. The van der Waals surface area contributed by atoms with Crippen LogP contribution in [0.5, 0.6) is 5.88 Å². The molecule has 8 heteroatoms. The Bertz CT molecular complexity index is 710. The summed E-state index contributed by atoms with van der Waals surface area (Å²) in [6, 6.07) is 1.26. The zero-order valence-electron chi connectivity index (χ0n) is 11.2. The predicted octanol–water partition coefficient (Wildman–Crippen LogP) is 1.33. The molecule has 1 saturated heterocycles. The second-order valence-electron chi connectivity index (χ2n) is 6.15. The van der Waals surface area contributed by atoms with Gasteiger partial charge in [-0.25, -0.2) is 18.5 Å². The maximum absolute atomic E-state index is 11.2. The first kappa shape index (κ1) is 13.8. The molecule has 1 aromatic rings. The molecule has 0 radical (unpaired) electrons. The van der Waals surface area contributed by atoms with E-state index in [2.05, 4.69) is 4.98 Å². The van der Waals surface area contributed by atoms with Gasteiger partial charge in [0.15, 0.2) is 0 Å². The molecular weight excluding hydrogens is 316 g/mol. The van der Waals surface area contributed by atoms with Gasteiger partial charge in [0, 0.05) is 0 Å². The van der Waals surface area contributed by atoms with Gasteiger partial charge in [-0.1, -0.05) is 11.6 Å². The Morgan fingerprint density at radius 1 is 1.52 bits per heavy atom. The highest BCUT2D eigenvalue weighted by atomic mass is 35.5. The molecule has 2 bridgehead atoms. The average molecular weight is 331 g/mol. The van der Waals surface area contributed by atoms with Gasteiger partial charge in [-0.2, -0.15) is 0 Å². The summed E-state index contributed by atoms with van der Waals surface area (Å²) in [5.74, 6) is 1.36. The van der Waals surface area contributed by atoms with Gasteiger partial charge in [-0.3, -0.25) is 0 Å². The van der Waals surface area contributed by atoms with E-state index in [1.165, 1.54) is 6.07 Å². The number of epoxide rings is 1. The summed E-state index contributed by atoms with van der Waals surface area (Å²) in [5.41, 5.74) is 0.146. The quantitative estimate of drug-likeness (QED) is 0.840. The van der Waals surface area contributed by atoms with Crippen LogP contribution < -0.4 is 9.88 Å². The standard InChI is InChI=1S/C13H15ClN2O4S/c14-10-2-9(21(15,17)18)5-16-12(10)19-6-8-4-13-3-7(8)1-11(13)20-13/h2,5,7-8,11H,1,3-4,6H2,(H2,15,17,18)/t7-,8+,11?,13+/m0/s1. The lowest BCUT2D eigenvalue weighted by molar-refractivity contribution is 0.195. The van der Waals surface area contributed by atoms with E-state index < -0.39 is 10.0 Å². The topological polar surface area (TPSA) is 94.8 Å². The van der Waals surface area contributed by atoms with Gasteiger partial charge in [-0.05, 0) is 37.2 Å². The third-order valence-corrected chi connectivity index (χ3v) is 6.00. The minimum absolute atomic E-state index is 0.118. The fraction of sp³-hybridized carbons (Fsp3) is 0.615. The second kappa shape index (κ2) is 4.32. The van der Waals surface area contributed by atoms with E-state index in [9.17, 15) is 8.42 Å². The molecule has 2 saturated carbocycles. The Morgan fingerprint density at radius 2 is 2.33 bits per heavy atom. The molecule has 6 nitrogen and oxygen atoms in total. The van der Waals surface area contributed by atoms with Crippen LogP contribution in [-0.2, 0) is 14.8 Å². The van der Waals surface area contributed by atoms with Crippen molar-refractivity contribution in [1.82, 2.24) is 4.98 Å². The first-order valence-corrected chi connectivity index (χ1v) is 8.79. The summed E-state index contributed by atoms with van der Waals surface area (Å²) in [4.78, 5) is 3.83. The summed E-state index contributed by atoms with van der Waals surface area (Å²) >= 11 is 6.00. The molecule has 2 heterocycles. The van der Waals surface area contributed by atoms with Crippen molar-refractivity contribution in [2.24, 2.45) is 17.0 Å². The predicted molar refractivity (Wildman–Crippen MR) is 74.6 cm³/mol. The smallest absolute Gasteiger partial charge is 0.239 e. The van der Waals surface area contributed by atoms with Crippen molar-refractivity contribution in [1.29, 1.82) is 0 Å². The molecule has 0 amide bonds. The number of rotatable bonds is 4. The Kier molecular flexibility index (Phi) is 2.83. The Hall–Kier alpha value is -0.890. The SMILES string of the molecule is NS(=O)(=O)c1cnc(OC[C@H]2C[C@]34C[C@@H]2CC3O4)c(Cl)c1. The lowest BCUT2D eigenvalue weighted by atomic mass is 9.90. The number of halogens is 1. The Balaban J connectivity index is 1.44. The number of pyridine rings is 1. The van der Waals surface area contributed by atoms with E-state index in [4.69, 9.17) is 26.2 Å². The van der Waals surface area contributed by atoms with Crippen LogP contribution in [0.3, 0.4) is 0 Å². The van der Waals surface area contributed by atoms with Gasteiger partial charge in [0.05, 0.1) is 24.5 Å². The number of sulfonamides is 1. The van der Waals surface area contributed by atoms with E-state index in [0.29, 0.717) is 24.5 Å². The van der Waals surface area contributed by atoms with Gasteiger partial charge in [-0.15, -0.1) is 0 Å². The van der Waals surface area contributed by atoms with E-state index in [1.54, 1.807) is 0 Å². The van der Waals surface area contributed by atoms with Crippen LogP contribution in [0.25, 0.3) is 0 Å². The van der Waals surface area contributed by atoms with Crippen molar-refractivity contribution in [3.8, 4) is 5.88 Å². The largest absolute Gasteiger partial charge is 0.476 e. The lowest BCUT2D eigenvalue weighted by Gasteiger charge is -2.19. The van der Waals surface area contributed by atoms with Crippen LogP contribution in [0.4, 0.5) is 0 Å². The zero-order chi connectivity index (χ0) is 14.8. The molecular formula is C13H15ClN2O4S. The molecule has 1 aliphatic heterocycles. The van der Waals surface area contributed by atoms with Crippen LogP contribution in [0.1, 0.15) is 19.3 Å². The van der Waals surface area contributed by atoms with Gasteiger partial charge in [0.25, 0.3) is 0 Å². The van der Waals surface area contributed by atoms with Crippen molar-refractivity contribution in [2.75, 3.05) is 6.61 Å². The number of aromatic nitrogens is 1. The second-order valence-corrected chi connectivity index (χ2v) is 8.12. The molecule has 21 heavy (non-hydrogen) atoms. The van der Waals surface area contributed by atoms with Crippen LogP contribution in [-0.4, -0.2) is 31.7 Å². The molecule has 3 aliphatic rings. The van der Waals surface area contributed by atoms with Crippen molar-refractivity contribution < 1.29 is 17.9 Å². The van der Waals surface area contributed by atoms with Gasteiger partial charge < -0.3 is 9.47 Å². The minimum Gasteiger partial charge on any atom is -0.476 e. The van der Waals surface area contributed by atoms with E-state index in [0.717, 1.165) is 25.5 Å². The highest BCUT2D eigenvalue weighted by Crippen LogP contribution is 2.64. The molecule has 4 atom stereocenters. The number of hydrogen-bond donors (Lipinski definition) is 1. The number of ether oxygens (including phenoxy) is 2. The summed E-state index contributed by atoms with van der Waals surface area (Å²) in [6.07, 6.45) is 4.94. The van der Waals surface area contributed by atoms with Gasteiger partial charge >= 0.3 is 0 Å². The van der Waals surface area contributed by atoms with Crippen molar-refractivity contribution in [2.45, 2.75) is 35.9 Å². The molecule has 1 spiro atoms. The zero-order valence-corrected chi connectivity index (χ0v) is 12.7. The van der Waals surface area contributed by atoms with Gasteiger partial charge in [0.1, 0.15) is 9.92 Å². The van der Waals surface area contributed by atoms with Crippen LogP contribution in [0, 0.1) is 11.8 Å². The lowest BCUT2D eigenvalue weighted by Crippen LogP contribution is -2.21. The van der Waals surface area contributed by atoms with Crippen molar-refractivity contribution in [3.63, 3.8) is 0 Å². The first-order chi connectivity index (χ1) is 9.87. The highest BCUT2D eigenvalue weighted by molar-refractivity contribution is 7.89. The Morgan fingerprint density at radius 3 is 2.90 bits per heavy atom. The van der Waals surface area contributed by atoms with Crippen molar-refractivity contribution >= 4 is 21.6 Å². The molecule has 1 unspecified atom stereocenters. The van der Waals surface area contributed by atoms with E-state index in [-0.39, 0.29) is 21.4 Å². The number of nitrogens with two attached hydrogens (primary N) is 1. The summed E-state index contributed by atoms with van der Waals surface area (Å²) < 4.78 is 33.8. The molecule has 0 aromatic carbocycles. The number of nitrogens with zero attached hydrogens (tertiary/aromatic N) is 1. The summed E-state index contributed by atoms with van der Waals surface area (Å²) in [7, 11) is -3.80. The molecule has 4 rings (SSSR count). The average Bonchev–Trinajstić information content (AvgIpc) is 2.82. The minimum atomic E-state index is -3.80. The normalized spacial score (nSPS) is 36.6. The van der Waals surface area contributed by atoms with Crippen LogP contribution in [0.15, 0.2) is 17.2 Å². The van der Waals surface area contributed by atoms with E-state index >= 15 is 0 Å². The maximum atomic E-state index is 11.2. The number of primary sulfonamides is 1. The van der Waals surface area contributed by atoms with Crippen molar-refractivity contribution in [3.05, 3.63) is 17.3 Å². The van der Waals surface area contributed by atoms with Crippen LogP contribution >= 0.6 is 11.6 Å². The fourth-order valence-corrected chi connectivity index (χ4v) is 4.54. The molecule has 114 valence electrons. The third kappa shape index (κ3) is 2.23. The number of hydrogen-bond acceptors (Lipinski definition) is 5. The monoisotopic (exact) mass is 330 g/mol. The maximum Gasteiger partial charge on any atom is 0.239 e. The molecule has 2 aliphatic carbocycles. The Labute approximate surface area is 127 Å². The van der Waals surface area contributed by atoms with Gasteiger partial charge in [0.2, 0.25) is 15.9 Å². The highest BCUT2D eigenvalue weighted by Gasteiger charge is 2.69.